The van der Waals surface area contributed by atoms with Crippen LogP contribution in [0.4, 0.5) is 0 Å². The number of likely N-dealkylation sites (N-methyl/N-ethyl adjacent to an activating group) is 1. The second kappa shape index (κ2) is 7.05. The molecule has 3 N–H and O–H groups in total. The molecule has 5 heteroatoms. The molecule has 0 aliphatic heterocycles. The van der Waals surface area contributed by atoms with Crippen LogP contribution in [-0.2, 0) is 9.59 Å². The molecule has 1 aromatic carbocycles. The second-order valence-electron chi connectivity index (χ2n) is 4.94. The molecule has 0 aromatic heterocycles. The van der Waals surface area contributed by atoms with Gasteiger partial charge in [0.15, 0.2) is 0 Å². The maximum absolute atomic E-state index is 12.3. The summed E-state index contributed by atoms with van der Waals surface area (Å²) in [6.45, 7) is 3.47. The lowest BCUT2D eigenvalue weighted by molar-refractivity contribution is -0.150. The first kappa shape index (κ1) is 16.2. The summed E-state index contributed by atoms with van der Waals surface area (Å²) in [5.74, 6) is -1.73. The number of amides is 1. The average molecular weight is 278 g/mol. The van der Waals surface area contributed by atoms with Crippen LogP contribution >= 0.6 is 0 Å². The van der Waals surface area contributed by atoms with Crippen LogP contribution in [0.2, 0.25) is 0 Å². The minimum atomic E-state index is -0.996. The van der Waals surface area contributed by atoms with Crippen molar-refractivity contribution < 1.29 is 14.7 Å². The summed E-state index contributed by atoms with van der Waals surface area (Å²) in [6, 6.07) is 8.08. The highest BCUT2D eigenvalue weighted by Gasteiger charge is 2.31. The molecule has 0 spiro atoms. The summed E-state index contributed by atoms with van der Waals surface area (Å²) in [5, 5.41) is 9.10. The van der Waals surface area contributed by atoms with E-state index in [9.17, 15) is 9.59 Å². The number of carboxylic acids is 1. The summed E-state index contributed by atoms with van der Waals surface area (Å²) in [5.41, 5.74) is 6.97. The zero-order valence-electron chi connectivity index (χ0n) is 12.1. The van der Waals surface area contributed by atoms with E-state index in [0.29, 0.717) is 6.42 Å². The fourth-order valence-electron chi connectivity index (χ4n) is 2.21. The van der Waals surface area contributed by atoms with E-state index in [2.05, 4.69) is 0 Å². The first-order valence-electron chi connectivity index (χ1n) is 6.70. The quantitative estimate of drug-likeness (QED) is 0.828. The van der Waals surface area contributed by atoms with Gasteiger partial charge in [-0.3, -0.25) is 4.79 Å². The molecule has 0 saturated heterocycles. The Balaban J connectivity index is 2.83. The molecule has 1 rings (SSSR count). The third-order valence-electron chi connectivity index (χ3n) is 3.60. The Labute approximate surface area is 119 Å². The van der Waals surface area contributed by atoms with Gasteiger partial charge in [-0.05, 0) is 12.0 Å². The van der Waals surface area contributed by atoms with E-state index in [0.717, 1.165) is 5.56 Å². The topological polar surface area (TPSA) is 83.6 Å². The zero-order chi connectivity index (χ0) is 15.3. The largest absolute Gasteiger partial charge is 0.480 e. The number of hydrogen-bond acceptors (Lipinski definition) is 3. The van der Waals surface area contributed by atoms with Crippen molar-refractivity contribution in [2.45, 2.75) is 32.4 Å². The number of carbonyl (C=O) groups excluding carboxylic acids is 1. The first-order chi connectivity index (χ1) is 9.40. The molecule has 3 atom stereocenters. The summed E-state index contributed by atoms with van der Waals surface area (Å²) in [4.78, 5) is 24.7. The average Bonchev–Trinajstić information content (AvgIpc) is 2.46. The SMILES string of the molecule is CCC(C(=O)O)N(C)C(=O)C(C)C(N)c1ccccc1. The fraction of sp³-hybridized carbons (Fsp3) is 0.467. The lowest BCUT2D eigenvalue weighted by Gasteiger charge is -2.29. The number of nitrogens with two attached hydrogens (primary N) is 1. The molecule has 1 amide bonds. The monoisotopic (exact) mass is 278 g/mol. The highest BCUT2D eigenvalue weighted by atomic mass is 16.4. The van der Waals surface area contributed by atoms with E-state index in [1.54, 1.807) is 13.8 Å². The summed E-state index contributed by atoms with van der Waals surface area (Å²) < 4.78 is 0. The van der Waals surface area contributed by atoms with Crippen molar-refractivity contribution in [2.24, 2.45) is 11.7 Å². The van der Waals surface area contributed by atoms with Crippen molar-refractivity contribution in [3.05, 3.63) is 35.9 Å². The maximum atomic E-state index is 12.3. The predicted molar refractivity (Wildman–Crippen MR) is 77.0 cm³/mol. The molecule has 20 heavy (non-hydrogen) atoms. The van der Waals surface area contributed by atoms with Crippen LogP contribution in [-0.4, -0.2) is 35.0 Å². The molecule has 0 saturated carbocycles. The van der Waals surface area contributed by atoms with Gasteiger partial charge in [-0.15, -0.1) is 0 Å². The molecule has 0 aliphatic rings. The van der Waals surface area contributed by atoms with E-state index < -0.39 is 24.0 Å². The van der Waals surface area contributed by atoms with Gasteiger partial charge in [0.25, 0.3) is 0 Å². The van der Waals surface area contributed by atoms with Crippen LogP contribution in [0.25, 0.3) is 0 Å². The Morgan fingerprint density at radius 1 is 1.30 bits per heavy atom. The standard InChI is InChI=1S/C15H22N2O3/c1-4-12(15(19)20)17(3)14(18)10(2)13(16)11-8-6-5-7-9-11/h5-10,12-13H,4,16H2,1-3H3,(H,19,20). The van der Waals surface area contributed by atoms with Crippen molar-refractivity contribution >= 4 is 11.9 Å². The molecule has 110 valence electrons. The van der Waals surface area contributed by atoms with Gasteiger partial charge in [-0.1, -0.05) is 44.2 Å². The molecule has 0 aliphatic carbocycles. The predicted octanol–water partition coefficient (Wildman–Crippen LogP) is 1.64. The Kier molecular flexibility index (Phi) is 5.70. The molecule has 0 heterocycles. The minimum absolute atomic E-state index is 0.254. The van der Waals surface area contributed by atoms with Crippen LogP contribution in [0, 0.1) is 5.92 Å². The third-order valence-corrected chi connectivity index (χ3v) is 3.60. The van der Waals surface area contributed by atoms with Crippen LogP contribution in [0.15, 0.2) is 30.3 Å². The lowest BCUT2D eigenvalue weighted by Crippen LogP contribution is -2.46. The van der Waals surface area contributed by atoms with Crippen LogP contribution < -0.4 is 5.73 Å². The molecule has 0 radical (unpaired) electrons. The van der Waals surface area contributed by atoms with Gasteiger partial charge in [0.1, 0.15) is 6.04 Å². The van der Waals surface area contributed by atoms with E-state index in [4.69, 9.17) is 10.8 Å². The zero-order valence-corrected chi connectivity index (χ0v) is 12.1. The van der Waals surface area contributed by atoms with Gasteiger partial charge in [-0.25, -0.2) is 4.79 Å². The van der Waals surface area contributed by atoms with E-state index >= 15 is 0 Å². The molecular weight excluding hydrogens is 256 g/mol. The van der Waals surface area contributed by atoms with E-state index in [-0.39, 0.29) is 5.91 Å². The van der Waals surface area contributed by atoms with Crippen molar-refractivity contribution in [3.63, 3.8) is 0 Å². The van der Waals surface area contributed by atoms with E-state index in [1.165, 1.54) is 11.9 Å². The smallest absolute Gasteiger partial charge is 0.326 e. The van der Waals surface area contributed by atoms with Crippen LogP contribution in [0.3, 0.4) is 0 Å². The Morgan fingerprint density at radius 3 is 2.30 bits per heavy atom. The van der Waals surface area contributed by atoms with Gasteiger partial charge >= 0.3 is 5.97 Å². The number of nitrogens with zero attached hydrogens (tertiary/aromatic N) is 1. The highest BCUT2D eigenvalue weighted by Crippen LogP contribution is 2.21. The van der Waals surface area contributed by atoms with E-state index in [1.807, 2.05) is 30.3 Å². The normalized spacial score (nSPS) is 15.2. The Morgan fingerprint density at radius 2 is 1.85 bits per heavy atom. The molecule has 0 fully saturated rings. The van der Waals surface area contributed by atoms with Gasteiger partial charge in [-0.2, -0.15) is 0 Å². The Hall–Kier alpha value is -1.88. The maximum Gasteiger partial charge on any atom is 0.326 e. The second-order valence-corrected chi connectivity index (χ2v) is 4.94. The molecular formula is C15H22N2O3. The van der Waals surface area contributed by atoms with Crippen LogP contribution in [0.5, 0.6) is 0 Å². The lowest BCUT2D eigenvalue weighted by atomic mass is 9.93. The van der Waals surface area contributed by atoms with Gasteiger partial charge in [0, 0.05) is 13.1 Å². The number of aliphatic carboxylic acids is 1. The summed E-state index contributed by atoms with van der Waals surface area (Å²) >= 11 is 0. The molecule has 1 aromatic rings. The summed E-state index contributed by atoms with van der Waals surface area (Å²) in [7, 11) is 1.51. The van der Waals surface area contributed by atoms with Crippen molar-refractivity contribution in [3.8, 4) is 0 Å². The minimum Gasteiger partial charge on any atom is -0.480 e. The highest BCUT2D eigenvalue weighted by molar-refractivity contribution is 5.85. The Bertz CT molecular complexity index is 461. The molecule has 5 nitrogen and oxygen atoms in total. The molecule has 0 bridgehead atoms. The number of carboxylic acid groups (broad SMARTS) is 1. The summed E-state index contributed by atoms with van der Waals surface area (Å²) in [6.07, 6.45) is 0.366. The van der Waals surface area contributed by atoms with Crippen molar-refractivity contribution in [1.29, 1.82) is 0 Å². The van der Waals surface area contributed by atoms with Crippen LogP contribution in [0.1, 0.15) is 31.9 Å². The van der Waals surface area contributed by atoms with Crippen molar-refractivity contribution in [2.75, 3.05) is 7.05 Å². The number of carbonyl (C=O) groups is 2. The molecule has 3 unspecified atom stereocenters. The van der Waals surface area contributed by atoms with Gasteiger partial charge < -0.3 is 15.7 Å². The number of hydrogen-bond donors (Lipinski definition) is 2. The fourth-order valence-corrected chi connectivity index (χ4v) is 2.21. The van der Waals surface area contributed by atoms with Crippen molar-refractivity contribution in [1.82, 2.24) is 4.90 Å². The number of benzene rings is 1. The van der Waals surface area contributed by atoms with Gasteiger partial charge in [0.2, 0.25) is 5.91 Å². The van der Waals surface area contributed by atoms with Gasteiger partial charge in [0.05, 0.1) is 5.92 Å². The third kappa shape index (κ3) is 3.57. The first-order valence-corrected chi connectivity index (χ1v) is 6.70. The number of rotatable bonds is 6.